The summed E-state index contributed by atoms with van der Waals surface area (Å²) >= 11 is 0. The molecule has 0 saturated heterocycles. The second kappa shape index (κ2) is 5.67. The van der Waals surface area contributed by atoms with Crippen LogP contribution in [-0.4, -0.2) is 5.84 Å². The minimum absolute atomic E-state index is 0. The summed E-state index contributed by atoms with van der Waals surface area (Å²) in [6.07, 6.45) is 2.17. The molecule has 0 aliphatic carbocycles. The number of nitrogens with two attached hydrogens (primary N) is 1. The maximum atomic E-state index is 6.47. The van der Waals surface area contributed by atoms with Crippen molar-refractivity contribution in [1.82, 2.24) is 0 Å². The molecule has 0 amide bonds. The average molecular weight is 270 g/mol. The quantitative estimate of drug-likeness (QED) is 0.528. The molecule has 0 spiro atoms. The smallest absolute Gasteiger partial charge is 0.113 e. The second-order valence-corrected chi connectivity index (χ2v) is 0.789. The molecule has 1 radical (unpaired) electrons. The summed E-state index contributed by atoms with van der Waals surface area (Å²) in [4.78, 5) is 0. The van der Waals surface area contributed by atoms with E-state index in [1.165, 1.54) is 6.08 Å². The summed E-state index contributed by atoms with van der Waals surface area (Å²) in [5.41, 5.74) is 11.1. The summed E-state index contributed by atoms with van der Waals surface area (Å²) in [6, 6.07) is 0. The minimum Gasteiger partial charge on any atom is -0.705 e. The van der Waals surface area contributed by atoms with Gasteiger partial charge in [0.15, 0.2) is 0 Å². The fourth-order valence-corrected chi connectivity index (χ4v) is 0.0898. The van der Waals surface area contributed by atoms with E-state index in [1.54, 1.807) is 0 Å². The van der Waals surface area contributed by atoms with E-state index in [-0.39, 0.29) is 26.3 Å². The molecular weight excluding hydrogens is 264 g/mol. The van der Waals surface area contributed by atoms with E-state index >= 15 is 0 Å². The first-order chi connectivity index (χ1) is 2.77. The molecule has 0 aromatic heterocycles. The fourth-order valence-electron chi connectivity index (χ4n) is 0.0898. The summed E-state index contributed by atoms with van der Waals surface area (Å²) in [6.45, 7) is 0. The van der Waals surface area contributed by atoms with Gasteiger partial charge in [0.2, 0.25) is 0 Å². The topological polar surface area (TPSA) is 73.7 Å². The van der Waals surface area contributed by atoms with Gasteiger partial charge < -0.3 is 11.5 Å². The van der Waals surface area contributed by atoms with E-state index in [0.717, 1.165) is 6.20 Å². The van der Waals surface area contributed by atoms with Crippen molar-refractivity contribution in [2.45, 2.75) is 0 Å². The molecule has 4 heteroatoms. The van der Waals surface area contributed by atoms with Gasteiger partial charge >= 0.3 is 0 Å². The van der Waals surface area contributed by atoms with E-state index in [2.05, 4.69) is 0 Å². The van der Waals surface area contributed by atoms with Crippen molar-refractivity contribution in [3.63, 3.8) is 0 Å². The van der Waals surface area contributed by atoms with Crippen LogP contribution in [0.5, 0.6) is 0 Å². The van der Waals surface area contributed by atoms with E-state index < -0.39 is 0 Å². The van der Waals surface area contributed by atoms with Crippen molar-refractivity contribution in [2.24, 2.45) is 5.73 Å². The van der Waals surface area contributed by atoms with Crippen LogP contribution >= 0.6 is 0 Å². The Morgan fingerprint density at radius 1 is 1.71 bits per heavy atom. The normalized spacial score (nSPS) is 8.00. The Bertz CT molecular complexity index is 78.2. The van der Waals surface area contributed by atoms with Crippen LogP contribution in [0.4, 0.5) is 0 Å². The van der Waals surface area contributed by atoms with Crippen LogP contribution in [0.15, 0.2) is 12.3 Å². The van der Waals surface area contributed by atoms with Gasteiger partial charge in [0.1, 0.15) is 5.84 Å². The zero-order chi connectivity index (χ0) is 4.99. The molecule has 0 aliphatic heterocycles. The molecule has 0 heterocycles. The standard InChI is InChI=1S/C3H6N3.Re/c4-2-1-3(5)6;/h1-2,4H,(H3,5,6);/q-1;/b2-1-;. The number of hydrogen-bond donors (Lipinski definition) is 2. The zero-order valence-corrected chi connectivity index (χ0v) is 6.33. The summed E-state index contributed by atoms with van der Waals surface area (Å²) in [5.74, 6) is -0.0787. The van der Waals surface area contributed by atoms with Crippen LogP contribution < -0.4 is 5.73 Å². The molecule has 0 fully saturated rings. The summed E-state index contributed by atoms with van der Waals surface area (Å²) in [5, 5.41) is 6.47. The molecular formula is C3H6N3Re-. The molecule has 0 aliphatic rings. The zero-order valence-electron chi connectivity index (χ0n) is 3.61. The van der Waals surface area contributed by atoms with Gasteiger partial charge in [-0.05, 0) is 6.08 Å². The predicted octanol–water partition coefficient (Wildman–Crippen LogP) is 0.486. The third-order valence-corrected chi connectivity index (χ3v) is 0.263. The van der Waals surface area contributed by atoms with Gasteiger partial charge in [0, 0.05) is 20.4 Å². The molecule has 0 atom stereocenters. The van der Waals surface area contributed by atoms with Crippen molar-refractivity contribution in [3.05, 3.63) is 18.0 Å². The predicted molar refractivity (Wildman–Crippen MR) is 25.4 cm³/mol. The van der Waals surface area contributed by atoms with E-state index in [1.807, 2.05) is 0 Å². The molecule has 3 nitrogen and oxygen atoms in total. The van der Waals surface area contributed by atoms with Crippen molar-refractivity contribution < 1.29 is 20.4 Å². The third kappa shape index (κ3) is 10.7. The monoisotopic (exact) mass is 271 g/mol. The van der Waals surface area contributed by atoms with E-state index in [0.29, 0.717) is 0 Å². The third-order valence-electron chi connectivity index (χ3n) is 0.263. The van der Waals surface area contributed by atoms with Crippen LogP contribution in [0.2, 0.25) is 0 Å². The Morgan fingerprint density at radius 3 is 2.14 bits per heavy atom. The largest absolute Gasteiger partial charge is 0.705 e. The molecule has 0 aromatic carbocycles. The first kappa shape index (κ1) is 9.83. The van der Waals surface area contributed by atoms with Gasteiger partial charge in [0.25, 0.3) is 0 Å². The first-order valence-electron chi connectivity index (χ1n) is 1.45. The number of hydrogen-bond acceptors (Lipinski definition) is 1. The van der Waals surface area contributed by atoms with Crippen LogP contribution in [0, 0.1) is 5.41 Å². The molecule has 0 bridgehead atoms. The maximum absolute atomic E-state index is 6.47. The maximum Gasteiger partial charge on any atom is 0.113 e. The summed E-state index contributed by atoms with van der Waals surface area (Å²) in [7, 11) is 0. The average Bonchev–Trinajstić information content (AvgIpc) is 1.35. The Labute approximate surface area is 55.9 Å². The SMILES string of the molecule is N=C(N)/C=C\[NH-].[Re]. The summed E-state index contributed by atoms with van der Waals surface area (Å²) < 4.78 is 0. The molecule has 0 rings (SSSR count). The molecule has 0 unspecified atom stereocenters. The minimum atomic E-state index is -0.0787. The van der Waals surface area contributed by atoms with Gasteiger partial charge in [-0.15, -0.1) is 0 Å². The Kier molecular flexibility index (Phi) is 7.97. The molecule has 0 saturated carbocycles. The van der Waals surface area contributed by atoms with Gasteiger partial charge in [0.05, 0.1) is 0 Å². The first-order valence-corrected chi connectivity index (χ1v) is 1.45. The molecule has 41 valence electrons. The van der Waals surface area contributed by atoms with Crippen LogP contribution in [0.1, 0.15) is 0 Å². The van der Waals surface area contributed by atoms with Crippen molar-refractivity contribution in [3.8, 4) is 0 Å². The van der Waals surface area contributed by atoms with Crippen LogP contribution in [-0.2, 0) is 20.4 Å². The second-order valence-electron chi connectivity index (χ2n) is 0.789. The van der Waals surface area contributed by atoms with Gasteiger partial charge in [-0.25, -0.2) is 0 Å². The van der Waals surface area contributed by atoms with Crippen molar-refractivity contribution in [1.29, 1.82) is 5.41 Å². The van der Waals surface area contributed by atoms with Gasteiger partial charge in [-0.2, -0.15) is 6.20 Å². The van der Waals surface area contributed by atoms with E-state index in [4.69, 9.17) is 16.9 Å². The van der Waals surface area contributed by atoms with Gasteiger partial charge in [-0.1, -0.05) is 0 Å². The molecule has 4 N–H and O–H groups in total. The van der Waals surface area contributed by atoms with Gasteiger partial charge in [-0.3, -0.25) is 5.41 Å². The Morgan fingerprint density at radius 2 is 2.14 bits per heavy atom. The number of nitrogens with one attached hydrogen (secondary N) is 2. The Balaban J connectivity index is 0. The Hall–Kier alpha value is -0.328. The van der Waals surface area contributed by atoms with Crippen molar-refractivity contribution >= 4 is 5.84 Å². The van der Waals surface area contributed by atoms with Crippen LogP contribution in [0.25, 0.3) is 5.73 Å². The van der Waals surface area contributed by atoms with E-state index in [9.17, 15) is 0 Å². The molecule has 0 aromatic rings. The number of rotatable bonds is 1. The fraction of sp³-hybridized carbons (Fsp3) is 0. The molecule has 7 heavy (non-hydrogen) atoms. The van der Waals surface area contributed by atoms with Crippen LogP contribution in [0.3, 0.4) is 0 Å². The van der Waals surface area contributed by atoms with Crippen molar-refractivity contribution in [2.75, 3.05) is 0 Å². The number of amidine groups is 1.